The average Bonchev–Trinajstić information content (AvgIpc) is 2.87. The number of carbonyl (C=O) groups is 2. The lowest BCUT2D eigenvalue weighted by molar-refractivity contribution is 0.0715. The van der Waals surface area contributed by atoms with E-state index in [2.05, 4.69) is 0 Å². The Labute approximate surface area is 146 Å². The second-order valence-corrected chi connectivity index (χ2v) is 6.23. The summed E-state index contributed by atoms with van der Waals surface area (Å²) in [6.07, 6.45) is 0.678. The summed E-state index contributed by atoms with van der Waals surface area (Å²) in [5.41, 5.74) is 1.72. The Balaban J connectivity index is 1.70. The van der Waals surface area contributed by atoms with Gasteiger partial charge in [0.05, 0.1) is 5.56 Å². The smallest absolute Gasteiger partial charge is 0.256 e. The highest BCUT2D eigenvalue weighted by molar-refractivity contribution is 5.96. The van der Waals surface area contributed by atoms with E-state index in [1.807, 2.05) is 31.2 Å². The molecule has 1 fully saturated rings. The van der Waals surface area contributed by atoms with Crippen molar-refractivity contribution in [1.82, 2.24) is 9.80 Å². The van der Waals surface area contributed by atoms with E-state index in [1.165, 1.54) is 12.1 Å². The number of aryl methyl sites for hydroxylation is 1. The lowest BCUT2D eigenvalue weighted by Crippen LogP contribution is -2.37. The van der Waals surface area contributed by atoms with Crippen LogP contribution in [0.25, 0.3) is 0 Å². The van der Waals surface area contributed by atoms with Crippen LogP contribution >= 0.6 is 0 Å². The first kappa shape index (κ1) is 17.1. The molecule has 1 heterocycles. The second-order valence-electron chi connectivity index (χ2n) is 6.23. The molecule has 0 bridgehead atoms. The standard InChI is InChI=1S/C20H21FN2O2/c1-15-7-2-3-8-16(15)19(24)22-11-6-12-23(14-13-22)20(25)17-9-4-5-10-18(17)21/h2-5,7-10H,6,11-14H2,1H3. The van der Waals surface area contributed by atoms with Crippen LogP contribution in [0.5, 0.6) is 0 Å². The topological polar surface area (TPSA) is 40.6 Å². The van der Waals surface area contributed by atoms with Crippen molar-refractivity contribution < 1.29 is 14.0 Å². The van der Waals surface area contributed by atoms with E-state index in [0.717, 1.165) is 5.56 Å². The van der Waals surface area contributed by atoms with Gasteiger partial charge in [0.2, 0.25) is 0 Å². The number of halogens is 1. The van der Waals surface area contributed by atoms with Gasteiger partial charge in [-0.2, -0.15) is 0 Å². The van der Waals surface area contributed by atoms with Crippen molar-refractivity contribution in [3.8, 4) is 0 Å². The van der Waals surface area contributed by atoms with Gasteiger partial charge in [-0.3, -0.25) is 9.59 Å². The summed E-state index contributed by atoms with van der Waals surface area (Å²) in [5, 5.41) is 0. The van der Waals surface area contributed by atoms with Crippen molar-refractivity contribution in [2.45, 2.75) is 13.3 Å². The molecule has 2 aromatic carbocycles. The summed E-state index contributed by atoms with van der Waals surface area (Å²) in [6, 6.07) is 13.5. The summed E-state index contributed by atoms with van der Waals surface area (Å²) >= 11 is 0. The Kier molecular flexibility index (Phi) is 5.12. The van der Waals surface area contributed by atoms with Crippen LogP contribution in [0.3, 0.4) is 0 Å². The number of rotatable bonds is 2. The summed E-state index contributed by atoms with van der Waals surface area (Å²) in [7, 11) is 0. The summed E-state index contributed by atoms with van der Waals surface area (Å²) in [5.74, 6) is -0.842. The van der Waals surface area contributed by atoms with Crippen LogP contribution in [0.15, 0.2) is 48.5 Å². The summed E-state index contributed by atoms with van der Waals surface area (Å²) in [4.78, 5) is 28.7. The van der Waals surface area contributed by atoms with Gasteiger partial charge in [-0.15, -0.1) is 0 Å². The molecular weight excluding hydrogens is 319 g/mol. The number of hydrogen-bond donors (Lipinski definition) is 0. The third kappa shape index (κ3) is 3.71. The van der Waals surface area contributed by atoms with Gasteiger partial charge >= 0.3 is 0 Å². The van der Waals surface area contributed by atoms with Crippen LogP contribution in [-0.4, -0.2) is 47.8 Å². The second kappa shape index (κ2) is 7.47. The molecule has 3 rings (SSSR count). The highest BCUT2D eigenvalue weighted by Crippen LogP contribution is 2.15. The zero-order chi connectivity index (χ0) is 17.8. The SMILES string of the molecule is Cc1ccccc1C(=O)N1CCCN(C(=O)c2ccccc2F)CC1. The van der Waals surface area contributed by atoms with Gasteiger partial charge in [-0.1, -0.05) is 30.3 Å². The maximum absolute atomic E-state index is 13.9. The zero-order valence-electron chi connectivity index (χ0n) is 14.2. The lowest BCUT2D eigenvalue weighted by atomic mass is 10.1. The maximum atomic E-state index is 13.9. The predicted octanol–water partition coefficient (Wildman–Crippen LogP) is 3.12. The van der Waals surface area contributed by atoms with Gasteiger partial charge in [0, 0.05) is 31.7 Å². The molecule has 0 atom stereocenters. The average molecular weight is 340 g/mol. The van der Waals surface area contributed by atoms with Crippen LogP contribution in [-0.2, 0) is 0 Å². The van der Waals surface area contributed by atoms with Gasteiger partial charge in [0.25, 0.3) is 11.8 Å². The minimum Gasteiger partial charge on any atom is -0.337 e. The fourth-order valence-corrected chi connectivity index (χ4v) is 3.11. The number of nitrogens with zero attached hydrogens (tertiary/aromatic N) is 2. The Morgan fingerprint density at radius 1 is 0.800 bits per heavy atom. The normalized spacial score (nSPS) is 15.0. The highest BCUT2D eigenvalue weighted by atomic mass is 19.1. The first-order valence-electron chi connectivity index (χ1n) is 8.46. The van der Waals surface area contributed by atoms with Crippen molar-refractivity contribution in [1.29, 1.82) is 0 Å². The Morgan fingerprint density at radius 2 is 1.32 bits per heavy atom. The zero-order valence-corrected chi connectivity index (χ0v) is 14.2. The largest absolute Gasteiger partial charge is 0.337 e. The molecule has 2 aromatic rings. The van der Waals surface area contributed by atoms with Gasteiger partial charge < -0.3 is 9.80 Å². The number of hydrogen-bond acceptors (Lipinski definition) is 2. The van der Waals surface area contributed by atoms with E-state index in [1.54, 1.807) is 21.9 Å². The van der Waals surface area contributed by atoms with Crippen molar-refractivity contribution in [3.63, 3.8) is 0 Å². The van der Waals surface area contributed by atoms with Gasteiger partial charge in [-0.05, 0) is 37.1 Å². The molecule has 1 aliphatic rings. The minimum atomic E-state index is -0.510. The van der Waals surface area contributed by atoms with Crippen molar-refractivity contribution >= 4 is 11.8 Å². The Bertz CT molecular complexity index is 725. The van der Waals surface area contributed by atoms with E-state index < -0.39 is 5.82 Å². The molecule has 0 spiro atoms. The van der Waals surface area contributed by atoms with Gasteiger partial charge in [0.1, 0.15) is 5.82 Å². The van der Waals surface area contributed by atoms with Crippen LogP contribution in [0.4, 0.5) is 4.39 Å². The molecule has 0 unspecified atom stereocenters. The number of carbonyl (C=O) groups excluding carboxylic acids is 2. The van der Waals surface area contributed by atoms with Crippen LogP contribution in [0, 0.1) is 12.7 Å². The maximum Gasteiger partial charge on any atom is 0.256 e. The molecule has 130 valence electrons. The molecule has 1 saturated heterocycles. The Hall–Kier alpha value is -2.69. The van der Waals surface area contributed by atoms with E-state index in [0.29, 0.717) is 38.2 Å². The molecule has 5 heteroatoms. The van der Waals surface area contributed by atoms with Crippen molar-refractivity contribution in [2.75, 3.05) is 26.2 Å². The first-order valence-corrected chi connectivity index (χ1v) is 8.46. The predicted molar refractivity (Wildman–Crippen MR) is 94.0 cm³/mol. The van der Waals surface area contributed by atoms with Crippen molar-refractivity contribution in [3.05, 3.63) is 71.0 Å². The quantitative estimate of drug-likeness (QED) is 0.843. The molecule has 0 N–H and O–H groups in total. The minimum absolute atomic E-state index is 0.0155. The van der Waals surface area contributed by atoms with Gasteiger partial charge in [-0.25, -0.2) is 4.39 Å². The number of amides is 2. The highest BCUT2D eigenvalue weighted by Gasteiger charge is 2.25. The van der Waals surface area contributed by atoms with Crippen LogP contribution in [0.1, 0.15) is 32.7 Å². The van der Waals surface area contributed by atoms with E-state index in [4.69, 9.17) is 0 Å². The summed E-state index contributed by atoms with van der Waals surface area (Å²) in [6.45, 7) is 3.89. The molecule has 0 radical (unpaired) electrons. The third-order valence-electron chi connectivity index (χ3n) is 4.55. The molecule has 1 aliphatic heterocycles. The third-order valence-corrected chi connectivity index (χ3v) is 4.55. The molecule has 0 saturated carbocycles. The molecule has 25 heavy (non-hydrogen) atoms. The molecule has 4 nitrogen and oxygen atoms in total. The molecule has 0 aliphatic carbocycles. The number of benzene rings is 2. The molecule has 0 aromatic heterocycles. The first-order chi connectivity index (χ1) is 12.1. The lowest BCUT2D eigenvalue weighted by Gasteiger charge is -2.23. The monoisotopic (exact) mass is 340 g/mol. The van der Waals surface area contributed by atoms with Crippen molar-refractivity contribution in [2.24, 2.45) is 0 Å². The molecule has 2 amide bonds. The van der Waals surface area contributed by atoms with Crippen LogP contribution in [0.2, 0.25) is 0 Å². The van der Waals surface area contributed by atoms with E-state index in [9.17, 15) is 14.0 Å². The van der Waals surface area contributed by atoms with Crippen LogP contribution < -0.4 is 0 Å². The van der Waals surface area contributed by atoms with E-state index >= 15 is 0 Å². The summed E-state index contributed by atoms with van der Waals surface area (Å²) < 4.78 is 13.9. The molecular formula is C20H21FN2O2. The van der Waals surface area contributed by atoms with Gasteiger partial charge in [0.15, 0.2) is 0 Å². The fourth-order valence-electron chi connectivity index (χ4n) is 3.11. The Morgan fingerprint density at radius 3 is 1.92 bits per heavy atom. The fraction of sp³-hybridized carbons (Fsp3) is 0.300. The van der Waals surface area contributed by atoms with E-state index in [-0.39, 0.29) is 17.4 Å².